The van der Waals surface area contributed by atoms with Gasteiger partial charge in [-0.25, -0.2) is 4.99 Å². The molecule has 1 amide bonds. The van der Waals surface area contributed by atoms with E-state index in [-0.39, 0.29) is 12.3 Å². The van der Waals surface area contributed by atoms with E-state index in [1.54, 1.807) is 37.1 Å². The first-order valence-corrected chi connectivity index (χ1v) is 9.35. The van der Waals surface area contributed by atoms with Crippen LogP contribution in [0.3, 0.4) is 0 Å². The van der Waals surface area contributed by atoms with E-state index in [4.69, 9.17) is 0 Å². The third-order valence-electron chi connectivity index (χ3n) is 4.45. The molecular weight excluding hydrogens is 376 g/mol. The second-order valence-electron chi connectivity index (χ2n) is 6.66. The summed E-state index contributed by atoms with van der Waals surface area (Å²) in [5.41, 5.74) is 5.68. The molecule has 0 bridgehead atoms. The van der Waals surface area contributed by atoms with Gasteiger partial charge in [-0.15, -0.1) is 0 Å². The maximum Gasteiger partial charge on any atom is 0.229 e. The smallest absolute Gasteiger partial charge is 0.229 e. The predicted octanol–water partition coefficient (Wildman–Crippen LogP) is 3.55. The zero-order chi connectivity index (χ0) is 21.3. The molecule has 0 saturated carbocycles. The number of aromatic nitrogens is 4. The molecule has 150 valence electrons. The molecular formula is C23H22N6O. The highest BCUT2D eigenvalue weighted by Crippen LogP contribution is 2.23. The van der Waals surface area contributed by atoms with Gasteiger partial charge in [-0.1, -0.05) is 24.3 Å². The first-order valence-electron chi connectivity index (χ1n) is 9.35. The Balaban J connectivity index is 1.67. The molecule has 0 spiro atoms. The Morgan fingerprint density at radius 3 is 2.67 bits per heavy atom. The van der Waals surface area contributed by atoms with E-state index in [9.17, 15) is 4.79 Å². The van der Waals surface area contributed by atoms with Crippen molar-refractivity contribution in [2.24, 2.45) is 4.99 Å². The first-order chi connectivity index (χ1) is 14.6. The van der Waals surface area contributed by atoms with Gasteiger partial charge in [0, 0.05) is 18.0 Å². The summed E-state index contributed by atoms with van der Waals surface area (Å²) in [5, 5.41) is 10.5. The number of aliphatic imine (C=N–C) groups is 1. The van der Waals surface area contributed by atoms with Crippen LogP contribution in [0.2, 0.25) is 0 Å². The Kier molecular flexibility index (Phi) is 6.89. The Morgan fingerprint density at radius 2 is 2.00 bits per heavy atom. The molecule has 0 saturated heterocycles. The number of allylic oxidation sites excluding steroid dienone is 3. The molecule has 7 heteroatoms. The summed E-state index contributed by atoms with van der Waals surface area (Å²) in [6.07, 6.45) is 12.0. The zero-order valence-electron chi connectivity index (χ0n) is 16.9. The number of amides is 1. The lowest BCUT2D eigenvalue weighted by molar-refractivity contribution is -0.119. The highest BCUT2D eigenvalue weighted by molar-refractivity contribution is 5.81. The van der Waals surface area contributed by atoms with E-state index in [0.29, 0.717) is 5.82 Å². The van der Waals surface area contributed by atoms with Crippen molar-refractivity contribution in [3.63, 3.8) is 0 Å². The highest BCUT2D eigenvalue weighted by Gasteiger charge is 2.08. The average Bonchev–Trinajstić information content (AvgIpc) is 2.77. The van der Waals surface area contributed by atoms with Gasteiger partial charge in [0.05, 0.1) is 30.7 Å². The minimum Gasteiger partial charge on any atom is -0.310 e. The van der Waals surface area contributed by atoms with Crippen molar-refractivity contribution in [2.45, 2.75) is 20.3 Å². The summed E-state index contributed by atoms with van der Waals surface area (Å²) in [4.78, 5) is 24.6. The summed E-state index contributed by atoms with van der Waals surface area (Å²) in [6, 6.07) is 7.83. The van der Waals surface area contributed by atoms with Crippen LogP contribution in [0.1, 0.15) is 23.7 Å². The number of carbonyl (C=O) groups is 1. The van der Waals surface area contributed by atoms with Gasteiger partial charge >= 0.3 is 0 Å². The lowest BCUT2D eigenvalue weighted by atomic mass is 9.99. The van der Waals surface area contributed by atoms with Gasteiger partial charge < -0.3 is 5.32 Å². The summed E-state index contributed by atoms with van der Waals surface area (Å²) in [7, 11) is 0. The van der Waals surface area contributed by atoms with Crippen LogP contribution in [0.5, 0.6) is 0 Å². The van der Waals surface area contributed by atoms with Gasteiger partial charge in [0.2, 0.25) is 5.91 Å². The van der Waals surface area contributed by atoms with Gasteiger partial charge in [0.15, 0.2) is 0 Å². The normalized spacial score (nSPS) is 11.8. The molecule has 3 aromatic rings. The molecule has 0 atom stereocenters. The lowest BCUT2D eigenvalue weighted by Gasteiger charge is -2.09. The SMILES string of the molecule is C=N/C(=C\C=C(/C)c1cnccn1)NC(=O)Cc1ccc(-c2ccnnc2)c(C)c1. The molecule has 30 heavy (non-hydrogen) atoms. The first kappa shape index (κ1) is 20.7. The fourth-order valence-electron chi connectivity index (χ4n) is 2.91. The van der Waals surface area contributed by atoms with Gasteiger partial charge in [0.25, 0.3) is 0 Å². The summed E-state index contributed by atoms with van der Waals surface area (Å²) in [5.74, 6) is 0.205. The van der Waals surface area contributed by atoms with Gasteiger partial charge in [-0.05, 0) is 55.0 Å². The van der Waals surface area contributed by atoms with Gasteiger partial charge in [-0.3, -0.25) is 14.8 Å². The Morgan fingerprint density at radius 1 is 1.13 bits per heavy atom. The Labute approximate surface area is 175 Å². The molecule has 3 rings (SSSR count). The van der Waals surface area contributed by atoms with Crippen molar-refractivity contribution < 1.29 is 4.79 Å². The molecule has 2 heterocycles. The van der Waals surface area contributed by atoms with E-state index < -0.39 is 0 Å². The second kappa shape index (κ2) is 9.97. The van der Waals surface area contributed by atoms with Crippen LogP contribution in [0.25, 0.3) is 16.7 Å². The van der Waals surface area contributed by atoms with E-state index in [1.807, 2.05) is 44.2 Å². The van der Waals surface area contributed by atoms with Crippen LogP contribution >= 0.6 is 0 Å². The Bertz CT molecular complexity index is 1090. The maximum atomic E-state index is 12.5. The van der Waals surface area contributed by atoms with Crippen molar-refractivity contribution in [1.29, 1.82) is 0 Å². The number of rotatable bonds is 7. The van der Waals surface area contributed by atoms with E-state index in [0.717, 1.165) is 33.5 Å². The minimum absolute atomic E-state index is 0.170. The third kappa shape index (κ3) is 5.51. The van der Waals surface area contributed by atoms with Crippen LogP contribution in [0.4, 0.5) is 0 Å². The van der Waals surface area contributed by atoms with Gasteiger partial charge in [-0.2, -0.15) is 10.2 Å². The topological polar surface area (TPSA) is 93.0 Å². The number of aryl methyl sites for hydroxylation is 1. The van der Waals surface area contributed by atoms with Crippen molar-refractivity contribution >= 4 is 18.2 Å². The standard InChI is InChI=1S/C23H22N6O/c1-16(21-15-25-10-11-26-21)4-7-22(24-3)29-23(30)13-18-5-6-20(17(2)12-18)19-8-9-27-28-14-19/h4-12,14-15H,3,13H2,1-2H3,(H,29,30)/b16-4+,22-7+. The lowest BCUT2D eigenvalue weighted by Crippen LogP contribution is -2.23. The van der Waals surface area contributed by atoms with Crippen LogP contribution in [0, 0.1) is 6.92 Å². The molecule has 0 aliphatic carbocycles. The van der Waals surface area contributed by atoms with Gasteiger partial charge in [0.1, 0.15) is 5.82 Å². The van der Waals surface area contributed by atoms with E-state index in [2.05, 4.69) is 37.2 Å². The fraction of sp³-hybridized carbons (Fsp3) is 0.130. The maximum absolute atomic E-state index is 12.5. The number of nitrogens with zero attached hydrogens (tertiary/aromatic N) is 5. The van der Waals surface area contributed by atoms with Crippen LogP contribution < -0.4 is 5.32 Å². The fourth-order valence-corrected chi connectivity index (χ4v) is 2.91. The molecule has 1 aromatic carbocycles. The average molecular weight is 398 g/mol. The summed E-state index contributed by atoms with van der Waals surface area (Å²) < 4.78 is 0. The molecule has 1 N–H and O–H groups in total. The van der Waals surface area contributed by atoms with E-state index in [1.165, 1.54) is 0 Å². The number of carbonyl (C=O) groups excluding carboxylic acids is 1. The second-order valence-corrected chi connectivity index (χ2v) is 6.66. The summed E-state index contributed by atoms with van der Waals surface area (Å²) >= 11 is 0. The molecule has 0 fully saturated rings. The van der Waals surface area contributed by atoms with Crippen LogP contribution in [-0.4, -0.2) is 32.8 Å². The molecule has 0 aliphatic heterocycles. The number of nitrogens with one attached hydrogen (secondary N) is 1. The van der Waals surface area contributed by atoms with Crippen molar-refractivity contribution in [3.05, 3.63) is 90.0 Å². The zero-order valence-corrected chi connectivity index (χ0v) is 16.9. The molecule has 0 unspecified atom stereocenters. The number of hydrogen-bond donors (Lipinski definition) is 1. The monoisotopic (exact) mass is 398 g/mol. The minimum atomic E-state index is -0.170. The van der Waals surface area contributed by atoms with Crippen molar-refractivity contribution in [2.75, 3.05) is 0 Å². The van der Waals surface area contributed by atoms with Crippen molar-refractivity contribution in [1.82, 2.24) is 25.5 Å². The van der Waals surface area contributed by atoms with Crippen molar-refractivity contribution in [3.8, 4) is 11.1 Å². The molecule has 7 nitrogen and oxygen atoms in total. The molecule has 0 radical (unpaired) electrons. The predicted molar refractivity (Wildman–Crippen MR) is 117 cm³/mol. The molecule has 2 aromatic heterocycles. The van der Waals surface area contributed by atoms with Crippen LogP contribution in [-0.2, 0) is 11.2 Å². The number of hydrogen-bond acceptors (Lipinski definition) is 6. The van der Waals surface area contributed by atoms with Crippen LogP contribution in [0.15, 0.2) is 78.2 Å². The largest absolute Gasteiger partial charge is 0.310 e. The summed E-state index contributed by atoms with van der Waals surface area (Å²) in [6.45, 7) is 7.45. The Hall–Kier alpha value is -4.00. The third-order valence-corrected chi connectivity index (χ3v) is 4.45. The quantitative estimate of drug-likeness (QED) is 0.485. The number of benzene rings is 1. The highest BCUT2D eigenvalue weighted by atomic mass is 16.1. The van der Waals surface area contributed by atoms with E-state index >= 15 is 0 Å². The molecule has 0 aliphatic rings.